The first-order valence-corrected chi connectivity index (χ1v) is 11.6. The first-order valence-electron chi connectivity index (χ1n) is 10.8. The minimum absolute atomic E-state index is 0.477. The number of benzene rings is 1. The third-order valence-electron chi connectivity index (χ3n) is 5.07. The van der Waals surface area contributed by atoms with Gasteiger partial charge in [0.05, 0.1) is 17.2 Å². The SMILES string of the molecule is CCNC(=NCc1coc(-c2ccccc2)n1)NCCCc1nc2c(s1)CCCC2. The van der Waals surface area contributed by atoms with Gasteiger partial charge in [-0.25, -0.2) is 15.0 Å². The maximum Gasteiger partial charge on any atom is 0.226 e. The highest BCUT2D eigenvalue weighted by Crippen LogP contribution is 2.27. The second-order valence-electron chi connectivity index (χ2n) is 7.42. The number of oxazole rings is 1. The van der Waals surface area contributed by atoms with E-state index in [0.29, 0.717) is 12.4 Å². The van der Waals surface area contributed by atoms with Gasteiger partial charge in [0.2, 0.25) is 5.89 Å². The zero-order valence-electron chi connectivity index (χ0n) is 17.5. The van der Waals surface area contributed by atoms with Gasteiger partial charge in [0, 0.05) is 30.0 Å². The average Bonchev–Trinajstić information content (AvgIpc) is 3.42. The van der Waals surface area contributed by atoms with Gasteiger partial charge in [-0.05, 0) is 51.2 Å². The quantitative estimate of drug-likeness (QED) is 0.320. The lowest BCUT2D eigenvalue weighted by atomic mass is 10.0. The van der Waals surface area contributed by atoms with Gasteiger partial charge in [-0.2, -0.15) is 0 Å². The number of fused-ring (bicyclic) bond motifs is 1. The van der Waals surface area contributed by atoms with E-state index in [4.69, 9.17) is 9.40 Å². The summed E-state index contributed by atoms with van der Waals surface area (Å²) in [5.41, 5.74) is 3.15. The highest BCUT2D eigenvalue weighted by Gasteiger charge is 2.14. The summed E-state index contributed by atoms with van der Waals surface area (Å²) in [5.74, 6) is 1.44. The largest absolute Gasteiger partial charge is 0.444 e. The molecule has 2 N–H and O–H groups in total. The van der Waals surface area contributed by atoms with Gasteiger partial charge >= 0.3 is 0 Å². The average molecular weight is 424 g/mol. The summed E-state index contributed by atoms with van der Waals surface area (Å²) in [7, 11) is 0. The lowest BCUT2D eigenvalue weighted by Gasteiger charge is -2.10. The maximum absolute atomic E-state index is 5.60. The summed E-state index contributed by atoms with van der Waals surface area (Å²) in [5, 5.41) is 8.00. The van der Waals surface area contributed by atoms with E-state index in [1.165, 1.54) is 34.8 Å². The minimum atomic E-state index is 0.477. The van der Waals surface area contributed by atoms with Gasteiger partial charge in [0.15, 0.2) is 5.96 Å². The van der Waals surface area contributed by atoms with Crippen LogP contribution in [0, 0.1) is 0 Å². The Hall–Kier alpha value is -2.67. The Labute approximate surface area is 181 Å². The fourth-order valence-electron chi connectivity index (χ4n) is 3.55. The van der Waals surface area contributed by atoms with Crippen LogP contribution < -0.4 is 10.6 Å². The van der Waals surface area contributed by atoms with Crippen molar-refractivity contribution in [3.05, 3.63) is 57.9 Å². The third-order valence-corrected chi connectivity index (χ3v) is 6.28. The van der Waals surface area contributed by atoms with Crippen molar-refractivity contribution in [2.75, 3.05) is 13.1 Å². The van der Waals surface area contributed by atoms with E-state index in [2.05, 4.69) is 27.5 Å². The van der Waals surface area contributed by atoms with E-state index in [9.17, 15) is 0 Å². The van der Waals surface area contributed by atoms with Gasteiger partial charge in [-0.1, -0.05) is 18.2 Å². The summed E-state index contributed by atoms with van der Waals surface area (Å²) < 4.78 is 5.60. The number of hydrogen-bond acceptors (Lipinski definition) is 5. The van der Waals surface area contributed by atoms with Crippen LogP contribution in [0.1, 0.15) is 47.5 Å². The van der Waals surface area contributed by atoms with Gasteiger partial charge < -0.3 is 15.1 Å². The molecule has 4 rings (SSSR count). The predicted molar refractivity (Wildman–Crippen MR) is 122 cm³/mol. The zero-order valence-corrected chi connectivity index (χ0v) is 18.3. The van der Waals surface area contributed by atoms with E-state index >= 15 is 0 Å². The van der Waals surface area contributed by atoms with Crippen LogP contribution in [0.4, 0.5) is 0 Å². The van der Waals surface area contributed by atoms with E-state index in [1.54, 1.807) is 6.26 Å². The Morgan fingerprint density at radius 3 is 2.83 bits per heavy atom. The molecule has 0 fully saturated rings. The molecule has 7 heteroatoms. The molecule has 1 aliphatic carbocycles. The van der Waals surface area contributed by atoms with Crippen LogP contribution in [0.5, 0.6) is 0 Å². The summed E-state index contributed by atoms with van der Waals surface area (Å²) in [6.45, 7) is 4.23. The molecule has 0 spiro atoms. The van der Waals surface area contributed by atoms with Crippen LogP contribution in [0.15, 0.2) is 46.0 Å². The molecule has 0 aliphatic heterocycles. The van der Waals surface area contributed by atoms with Crippen LogP contribution in [0.25, 0.3) is 11.5 Å². The monoisotopic (exact) mass is 423 g/mol. The molecular weight excluding hydrogens is 394 g/mol. The van der Waals surface area contributed by atoms with Crippen LogP contribution in [-0.2, 0) is 25.8 Å². The molecule has 2 aromatic heterocycles. The second kappa shape index (κ2) is 10.4. The molecular formula is C23H29N5OS. The van der Waals surface area contributed by atoms with Crippen LogP contribution in [0.2, 0.25) is 0 Å². The number of nitrogens with zero attached hydrogens (tertiary/aromatic N) is 3. The smallest absolute Gasteiger partial charge is 0.226 e. The van der Waals surface area contributed by atoms with Crippen molar-refractivity contribution in [1.82, 2.24) is 20.6 Å². The van der Waals surface area contributed by atoms with Crippen molar-refractivity contribution in [3.8, 4) is 11.5 Å². The molecule has 0 amide bonds. The van der Waals surface area contributed by atoms with Gasteiger partial charge in [-0.3, -0.25) is 0 Å². The first kappa shape index (κ1) is 20.6. The Balaban J connectivity index is 1.26. The standard InChI is InChI=1S/C23H29N5OS/c1-2-24-23(25-14-8-13-21-28-19-11-6-7-12-20(19)30-21)26-15-18-16-29-22(27-18)17-9-4-3-5-10-17/h3-5,9-10,16H,2,6-8,11-15H2,1H3,(H2,24,25,26). The highest BCUT2D eigenvalue weighted by atomic mass is 32.1. The minimum Gasteiger partial charge on any atom is -0.444 e. The molecule has 2 heterocycles. The molecule has 6 nitrogen and oxygen atoms in total. The summed E-state index contributed by atoms with van der Waals surface area (Å²) in [6, 6.07) is 9.92. The molecule has 30 heavy (non-hydrogen) atoms. The van der Waals surface area contributed by atoms with E-state index < -0.39 is 0 Å². The van der Waals surface area contributed by atoms with E-state index in [1.807, 2.05) is 41.7 Å². The number of aliphatic imine (C=N–C) groups is 1. The molecule has 0 saturated carbocycles. The zero-order chi connectivity index (χ0) is 20.6. The van der Waals surface area contributed by atoms with Crippen LogP contribution in [0.3, 0.4) is 0 Å². The number of thiazole rings is 1. The molecule has 0 radical (unpaired) electrons. The fraction of sp³-hybridized carbons (Fsp3) is 0.435. The van der Waals surface area contributed by atoms with Crippen molar-refractivity contribution >= 4 is 17.3 Å². The Kier molecular flexibility index (Phi) is 7.13. The fourth-order valence-corrected chi connectivity index (χ4v) is 4.75. The van der Waals surface area contributed by atoms with Crippen LogP contribution in [-0.4, -0.2) is 29.0 Å². The normalized spacial score (nSPS) is 13.8. The first-order chi connectivity index (χ1) is 14.8. The number of nitrogens with one attached hydrogen (secondary N) is 2. The second-order valence-corrected chi connectivity index (χ2v) is 8.59. The van der Waals surface area contributed by atoms with Crippen molar-refractivity contribution in [3.63, 3.8) is 0 Å². The Morgan fingerprint density at radius 1 is 1.13 bits per heavy atom. The summed E-state index contributed by atoms with van der Waals surface area (Å²) >= 11 is 1.91. The number of aromatic nitrogens is 2. The van der Waals surface area contributed by atoms with Gasteiger partial charge in [0.1, 0.15) is 12.0 Å². The van der Waals surface area contributed by atoms with E-state index in [-0.39, 0.29) is 0 Å². The summed E-state index contributed by atoms with van der Waals surface area (Å²) in [6.07, 6.45) is 8.73. The molecule has 0 unspecified atom stereocenters. The van der Waals surface area contributed by atoms with Crippen LogP contribution >= 0.6 is 11.3 Å². The molecule has 158 valence electrons. The Bertz CT molecular complexity index is 940. The van der Waals surface area contributed by atoms with Crippen molar-refractivity contribution in [1.29, 1.82) is 0 Å². The third kappa shape index (κ3) is 5.48. The number of guanidine groups is 1. The molecule has 1 aromatic carbocycles. The molecule has 0 bridgehead atoms. The molecule has 1 aliphatic rings. The summed E-state index contributed by atoms with van der Waals surface area (Å²) in [4.78, 5) is 15.5. The van der Waals surface area contributed by atoms with E-state index in [0.717, 1.165) is 49.6 Å². The van der Waals surface area contributed by atoms with Gasteiger partial charge in [0.25, 0.3) is 0 Å². The Morgan fingerprint density at radius 2 is 2.00 bits per heavy atom. The van der Waals surface area contributed by atoms with Gasteiger partial charge in [-0.15, -0.1) is 11.3 Å². The van der Waals surface area contributed by atoms with Crippen molar-refractivity contribution in [2.24, 2.45) is 4.99 Å². The maximum atomic E-state index is 5.60. The molecule has 0 atom stereocenters. The predicted octanol–water partition coefficient (Wildman–Crippen LogP) is 4.36. The lowest BCUT2D eigenvalue weighted by molar-refractivity contribution is 0.572. The van der Waals surface area contributed by atoms with Crippen molar-refractivity contribution < 1.29 is 4.42 Å². The lowest BCUT2D eigenvalue weighted by Crippen LogP contribution is -2.37. The topological polar surface area (TPSA) is 75.3 Å². The molecule has 3 aromatic rings. The van der Waals surface area contributed by atoms with Crippen molar-refractivity contribution in [2.45, 2.75) is 52.0 Å². The number of rotatable bonds is 8. The number of aryl methyl sites for hydroxylation is 3. The highest BCUT2D eigenvalue weighted by molar-refractivity contribution is 7.11. The molecule has 0 saturated heterocycles. The number of hydrogen-bond donors (Lipinski definition) is 2.